The molecule has 5 aromatic rings. The second-order valence-electron chi connectivity index (χ2n) is 31.4. The normalized spacial score (nSPS) is 21.1. The van der Waals surface area contributed by atoms with Crippen molar-refractivity contribution in [1.29, 1.82) is 0 Å². The molecule has 111 heavy (non-hydrogen) atoms. The van der Waals surface area contributed by atoms with Gasteiger partial charge in [-0.05, 0) is 181 Å². The highest BCUT2D eigenvalue weighted by molar-refractivity contribution is 6.02. The first-order valence-electron chi connectivity index (χ1n) is 39.5. The fraction of sp³-hybridized carbons (Fsp3) is 0.517. The van der Waals surface area contributed by atoms with Crippen molar-refractivity contribution in [1.82, 2.24) is 21.3 Å². The van der Waals surface area contributed by atoms with E-state index in [1.807, 2.05) is 93.6 Å². The van der Waals surface area contributed by atoms with Crippen LogP contribution < -0.4 is 47.9 Å². The second kappa shape index (κ2) is 38.9. The smallest absolute Gasteiger partial charge is 0.411 e. The zero-order valence-electron chi connectivity index (χ0n) is 65.4. The number of nitrogens with zero attached hydrogens (tertiary/aromatic N) is 1. The van der Waals surface area contributed by atoms with Gasteiger partial charge in [-0.3, -0.25) is 49.0 Å². The number of nitrogens with two attached hydrogens (primary N) is 1. The lowest BCUT2D eigenvalue weighted by Crippen LogP contribution is -2.60. The number of hydrogen-bond acceptors (Lipinski definition) is 15. The summed E-state index contributed by atoms with van der Waals surface area (Å²) in [6, 6.07) is 32.5. The Bertz CT molecular complexity index is 4250. The van der Waals surface area contributed by atoms with Crippen LogP contribution in [-0.2, 0) is 98.9 Å². The Morgan fingerprint density at radius 3 is 1.73 bits per heavy atom. The Kier molecular flexibility index (Phi) is 29.3. The first-order chi connectivity index (χ1) is 53.3. The third-order valence-corrected chi connectivity index (χ3v) is 23.5. The number of Topliss-reactive ketones (excluding diaryl/α,β-unsaturated/α-hetero) is 1. The van der Waals surface area contributed by atoms with Gasteiger partial charge in [0.15, 0.2) is 5.78 Å². The van der Waals surface area contributed by atoms with Crippen LogP contribution in [0.3, 0.4) is 0 Å². The molecular formula is C87H111N9O15. The topological polar surface area (TPSA) is 330 Å². The van der Waals surface area contributed by atoms with Crippen molar-refractivity contribution in [2.24, 2.45) is 40.2 Å². The van der Waals surface area contributed by atoms with E-state index < -0.39 is 52.1 Å². The van der Waals surface area contributed by atoms with Crippen LogP contribution >= 0.6 is 0 Å². The number of fused-ring (bicyclic) bond motifs is 8. The van der Waals surface area contributed by atoms with Gasteiger partial charge in [-0.25, -0.2) is 9.59 Å². The number of primary amides is 1. The second-order valence-corrected chi connectivity index (χ2v) is 31.4. The average molecular weight is 1520 g/mol. The summed E-state index contributed by atoms with van der Waals surface area (Å²) in [6.07, 6.45) is 7.96. The summed E-state index contributed by atoms with van der Waals surface area (Å²) in [6.45, 7) is 16.8. The molecule has 10 rings (SSSR count). The lowest BCUT2D eigenvalue weighted by Gasteiger charge is -2.56. The largest absolute Gasteiger partial charge is 0.444 e. The highest BCUT2D eigenvalue weighted by Gasteiger charge is 2.59. The lowest BCUT2D eigenvalue weighted by molar-refractivity contribution is -0.150. The van der Waals surface area contributed by atoms with Crippen molar-refractivity contribution >= 4 is 82.0 Å². The van der Waals surface area contributed by atoms with Crippen molar-refractivity contribution < 1.29 is 71.6 Å². The van der Waals surface area contributed by atoms with Gasteiger partial charge < -0.3 is 60.9 Å². The maximum atomic E-state index is 14.9. The molecule has 2 fully saturated rings. The minimum absolute atomic E-state index is 0.00180. The Hall–Kier alpha value is -9.80. The number of carbonyl (C=O) groups excluding carboxylic acids is 10. The number of ether oxygens (including phenoxy) is 5. The molecule has 5 aliphatic rings. The van der Waals surface area contributed by atoms with Gasteiger partial charge in [0.05, 0.1) is 82.0 Å². The monoisotopic (exact) mass is 1520 g/mol. The number of anilines is 4. The Morgan fingerprint density at radius 2 is 1.13 bits per heavy atom. The van der Waals surface area contributed by atoms with Gasteiger partial charge >= 0.3 is 12.1 Å². The number of aryl methyl sites for hydroxylation is 2. The number of benzene rings is 5. The quantitative estimate of drug-likeness (QED) is 0.0105. The summed E-state index contributed by atoms with van der Waals surface area (Å²) < 4.78 is 28.1. The number of nitrogens with one attached hydrogen (secondary N) is 7. The summed E-state index contributed by atoms with van der Waals surface area (Å²) >= 11 is 0. The highest BCUT2D eigenvalue weighted by atomic mass is 16.6. The molecule has 0 bridgehead atoms. The van der Waals surface area contributed by atoms with E-state index in [0.29, 0.717) is 75.6 Å². The van der Waals surface area contributed by atoms with E-state index in [9.17, 15) is 47.9 Å². The van der Waals surface area contributed by atoms with Gasteiger partial charge in [0.25, 0.3) is 0 Å². The molecule has 24 heteroatoms. The van der Waals surface area contributed by atoms with Crippen LogP contribution in [0.4, 0.5) is 32.3 Å². The number of urea groups is 1. The predicted octanol–water partition coefficient (Wildman–Crippen LogP) is 11.6. The SMILES string of the molecule is CCC(=O)Nc1ccc2c(c1)[C@@]1(C)CCC[C@](C)(C(=O)NC(=O)[C@@]3(C)CCC[C@]4(C)c5cc(NC(=O)OCc6ccc(NC(=O)[C@H](CCCNC(N)=O)CC(=O)[C@@H](NC(=O)CCOCCOCCOCCOCCNC(=O)CCC(=O)N7Cc8ccccc8C#Cc8ccccc87)C(C)C)cc6)ccc5CC[C@@H]34)[C@@H]1CC2. The number of carbonyl (C=O) groups is 10. The van der Waals surface area contributed by atoms with Gasteiger partial charge in [0.1, 0.15) is 6.61 Å². The van der Waals surface area contributed by atoms with Crippen LogP contribution in [0.15, 0.2) is 109 Å². The standard InChI is InChI=1S/C87H111N9O15/c1-8-74(98)91-66-31-25-60-27-33-72-84(4,68(60)53-66)38-14-40-86(72,6)80(103)95-81(104)87(7)41-15-39-85(5)69-54-67(32-26-61(69)28-34-73(85)87)93-83(106)111-56-58-21-29-65(30-22-58)92-79(102)63(19-13-42-90-82(88)105)52-71(97)78(57(2)3)94-76(100)37-44-107-46-48-109-50-51-110-49-47-108-45-43-89-75(99)35-36-77(101)96-55-64-18-10-9-16-59(64)23-24-62-17-11-12-20-70(62)96/h9-12,16-18,20-22,25-26,29-32,53-54,57,63,72-73,78H,8,13-15,19,27-28,33-52,55-56H2,1-7H3,(H,89,99)(H,91,98)(H,92,102)(H,93,106)(H,94,100)(H3,88,90,105)(H,95,103,104)/t63-,72-,73-,78+,84-,85-,86+,87+/m1/s1. The zero-order chi connectivity index (χ0) is 79.3. The minimum atomic E-state index is -0.896. The van der Waals surface area contributed by atoms with Crippen molar-refractivity contribution in [3.63, 3.8) is 0 Å². The summed E-state index contributed by atoms with van der Waals surface area (Å²) in [7, 11) is 0. The van der Waals surface area contributed by atoms with Crippen LogP contribution in [0.1, 0.15) is 189 Å². The number of ketones is 1. The van der Waals surface area contributed by atoms with Crippen molar-refractivity contribution in [3.8, 4) is 11.8 Å². The molecule has 0 aromatic heterocycles. The molecule has 0 radical (unpaired) electrons. The van der Waals surface area contributed by atoms with Gasteiger partial charge in [-0.15, -0.1) is 0 Å². The first-order valence-corrected chi connectivity index (χ1v) is 39.5. The van der Waals surface area contributed by atoms with Crippen molar-refractivity contribution in [2.75, 3.05) is 86.8 Å². The predicted molar refractivity (Wildman–Crippen MR) is 423 cm³/mol. The van der Waals surface area contributed by atoms with E-state index in [1.165, 1.54) is 11.1 Å². The summed E-state index contributed by atoms with van der Waals surface area (Å²) in [5.74, 6) is 3.09. The summed E-state index contributed by atoms with van der Waals surface area (Å²) in [4.78, 5) is 136. The van der Waals surface area contributed by atoms with Gasteiger partial charge in [0.2, 0.25) is 41.4 Å². The van der Waals surface area contributed by atoms with Crippen LogP contribution in [0.25, 0.3) is 0 Å². The molecule has 1 heterocycles. The van der Waals surface area contributed by atoms with Gasteiger partial charge in [0, 0.05) is 79.3 Å². The number of rotatable bonds is 36. The molecule has 9 N–H and O–H groups in total. The number of imide groups is 1. The van der Waals surface area contributed by atoms with Crippen molar-refractivity contribution in [2.45, 2.75) is 188 Å². The molecule has 2 saturated carbocycles. The maximum Gasteiger partial charge on any atom is 0.411 e. The first kappa shape index (κ1) is 83.7. The fourth-order valence-electron chi connectivity index (χ4n) is 17.4. The number of para-hydroxylation sites is 1. The van der Waals surface area contributed by atoms with Gasteiger partial charge in [-0.1, -0.05) is 128 Å². The van der Waals surface area contributed by atoms with Crippen molar-refractivity contribution in [3.05, 3.63) is 154 Å². The van der Waals surface area contributed by atoms with Crippen LogP contribution in [0.2, 0.25) is 0 Å². The Morgan fingerprint density at radius 1 is 0.568 bits per heavy atom. The molecule has 0 unspecified atom stereocenters. The molecule has 10 amide bonds. The third kappa shape index (κ3) is 21.5. The van der Waals surface area contributed by atoms with Crippen LogP contribution in [-0.4, -0.2) is 131 Å². The molecule has 0 spiro atoms. The Labute approximate surface area is 652 Å². The summed E-state index contributed by atoms with van der Waals surface area (Å²) in [5.41, 5.74) is 13.3. The molecule has 594 valence electrons. The summed E-state index contributed by atoms with van der Waals surface area (Å²) in [5, 5.41) is 20.1. The van der Waals surface area contributed by atoms with Crippen LogP contribution in [0, 0.1) is 46.3 Å². The average Bonchev–Trinajstić information content (AvgIpc) is 0.716. The molecule has 8 atom stereocenters. The van der Waals surface area contributed by atoms with E-state index in [2.05, 4.69) is 75.0 Å². The van der Waals surface area contributed by atoms with E-state index in [-0.39, 0.29) is 137 Å². The molecule has 4 aliphatic carbocycles. The van der Waals surface area contributed by atoms with Crippen LogP contribution in [0.5, 0.6) is 0 Å². The van der Waals surface area contributed by atoms with Gasteiger partial charge in [-0.2, -0.15) is 0 Å². The number of amides is 10. The maximum absolute atomic E-state index is 14.9. The van der Waals surface area contributed by atoms with E-state index >= 15 is 0 Å². The molecule has 1 aliphatic heterocycles. The molecule has 0 saturated heterocycles. The third-order valence-electron chi connectivity index (χ3n) is 23.5. The Balaban J connectivity index is 0.608. The van der Waals surface area contributed by atoms with E-state index in [0.717, 1.165) is 90.6 Å². The van der Waals surface area contributed by atoms with E-state index in [1.54, 1.807) is 43.0 Å². The zero-order valence-corrected chi connectivity index (χ0v) is 65.4. The highest BCUT2D eigenvalue weighted by Crippen LogP contribution is 2.60. The minimum Gasteiger partial charge on any atom is -0.444 e. The molecular weight excluding hydrogens is 1410 g/mol. The van der Waals surface area contributed by atoms with E-state index in [4.69, 9.17) is 29.4 Å². The lowest BCUT2D eigenvalue weighted by atomic mass is 9.49. The fourth-order valence-corrected chi connectivity index (χ4v) is 17.4. The molecule has 5 aromatic carbocycles. The molecule has 24 nitrogen and oxygen atoms in total. The number of hydrogen-bond donors (Lipinski definition) is 8.